The fourth-order valence-corrected chi connectivity index (χ4v) is 2.63. The van der Waals surface area contributed by atoms with Gasteiger partial charge < -0.3 is 5.73 Å². The van der Waals surface area contributed by atoms with Gasteiger partial charge >= 0.3 is 0 Å². The van der Waals surface area contributed by atoms with Crippen molar-refractivity contribution in [1.29, 1.82) is 0 Å². The van der Waals surface area contributed by atoms with E-state index in [1.165, 1.54) is 12.1 Å². The van der Waals surface area contributed by atoms with Crippen LogP contribution in [0, 0.1) is 5.82 Å². The summed E-state index contributed by atoms with van der Waals surface area (Å²) in [6, 6.07) is 9.76. The van der Waals surface area contributed by atoms with E-state index < -0.39 is 0 Å². The molecule has 19 heavy (non-hydrogen) atoms. The number of rotatable bonds is 1. The summed E-state index contributed by atoms with van der Waals surface area (Å²) < 4.78 is 15.8. The number of nitrogen functional groups attached to an aromatic ring is 1. The molecule has 96 valence electrons. The number of nitrogens with zero attached hydrogens (tertiary/aromatic N) is 2. The molecule has 0 atom stereocenters. The van der Waals surface area contributed by atoms with Gasteiger partial charge in [0.15, 0.2) is 0 Å². The van der Waals surface area contributed by atoms with Crippen LogP contribution in [0.4, 0.5) is 10.3 Å². The van der Waals surface area contributed by atoms with Crippen molar-refractivity contribution in [2.75, 3.05) is 5.73 Å². The molecule has 0 aliphatic heterocycles. The van der Waals surface area contributed by atoms with Crippen LogP contribution in [0.3, 0.4) is 0 Å². The van der Waals surface area contributed by atoms with Crippen LogP contribution in [0.1, 0.15) is 0 Å². The van der Waals surface area contributed by atoms with Gasteiger partial charge in [0, 0.05) is 4.47 Å². The van der Waals surface area contributed by atoms with Gasteiger partial charge in [0.2, 0.25) is 5.95 Å². The Morgan fingerprint density at radius 1 is 1.26 bits per heavy atom. The number of benzene rings is 2. The maximum absolute atomic E-state index is 13.4. The van der Waals surface area contributed by atoms with Gasteiger partial charge in [-0.25, -0.2) is 9.37 Å². The first-order valence-corrected chi connectivity index (χ1v) is 6.63. The minimum absolute atomic E-state index is 0.259. The predicted octanol–water partition coefficient (Wildman–Crippen LogP) is 4.16. The van der Waals surface area contributed by atoms with Crippen LogP contribution >= 0.6 is 27.5 Å². The largest absolute Gasteiger partial charge is 0.369 e. The number of para-hydroxylation sites is 1. The molecule has 0 radical (unpaired) electrons. The van der Waals surface area contributed by atoms with Gasteiger partial charge in [0.25, 0.3) is 0 Å². The minimum Gasteiger partial charge on any atom is -0.369 e. The SMILES string of the molecule is Nc1nc2c(Cl)cccc2n1-c1cc(F)ccc1Br. The van der Waals surface area contributed by atoms with Crippen LogP contribution in [0.15, 0.2) is 40.9 Å². The maximum Gasteiger partial charge on any atom is 0.206 e. The highest BCUT2D eigenvalue weighted by Gasteiger charge is 2.14. The van der Waals surface area contributed by atoms with Gasteiger partial charge in [-0.1, -0.05) is 17.7 Å². The summed E-state index contributed by atoms with van der Waals surface area (Å²) in [7, 11) is 0. The van der Waals surface area contributed by atoms with E-state index >= 15 is 0 Å². The summed E-state index contributed by atoms with van der Waals surface area (Å²) in [5.74, 6) is -0.0871. The Bertz CT molecular complexity index is 785. The first kappa shape index (κ1) is 12.4. The van der Waals surface area contributed by atoms with Gasteiger partial charge in [0.1, 0.15) is 11.3 Å². The first-order chi connectivity index (χ1) is 9.08. The van der Waals surface area contributed by atoms with Gasteiger partial charge in [-0.15, -0.1) is 0 Å². The van der Waals surface area contributed by atoms with Gasteiger partial charge in [-0.3, -0.25) is 4.57 Å². The van der Waals surface area contributed by atoms with Crippen LogP contribution in [0.25, 0.3) is 16.7 Å². The molecule has 3 aromatic rings. The van der Waals surface area contributed by atoms with E-state index in [4.69, 9.17) is 17.3 Å². The third-order valence-electron chi connectivity index (χ3n) is 2.81. The third-order valence-corrected chi connectivity index (χ3v) is 3.79. The average Bonchev–Trinajstić information content (AvgIpc) is 2.70. The highest BCUT2D eigenvalue weighted by Crippen LogP contribution is 2.31. The molecule has 0 fully saturated rings. The molecule has 2 N–H and O–H groups in total. The molecule has 3 rings (SSSR count). The Morgan fingerprint density at radius 2 is 2.05 bits per heavy atom. The number of halogens is 3. The lowest BCUT2D eigenvalue weighted by Crippen LogP contribution is -2.01. The van der Waals surface area contributed by atoms with Crippen molar-refractivity contribution >= 4 is 44.5 Å². The Morgan fingerprint density at radius 3 is 2.84 bits per heavy atom. The molecule has 0 spiro atoms. The summed E-state index contributed by atoms with van der Waals surface area (Å²) in [5, 5.41) is 0.510. The molecule has 0 aliphatic carbocycles. The van der Waals surface area contributed by atoms with Crippen LogP contribution in [0.5, 0.6) is 0 Å². The number of hydrogen-bond acceptors (Lipinski definition) is 2. The second-order valence-electron chi connectivity index (χ2n) is 4.01. The number of anilines is 1. The quantitative estimate of drug-likeness (QED) is 0.723. The zero-order chi connectivity index (χ0) is 13.6. The number of fused-ring (bicyclic) bond motifs is 1. The van der Waals surface area contributed by atoms with Crippen molar-refractivity contribution in [2.24, 2.45) is 0 Å². The van der Waals surface area contributed by atoms with E-state index in [1.54, 1.807) is 22.8 Å². The number of imidazole rings is 1. The van der Waals surface area contributed by atoms with E-state index in [0.29, 0.717) is 16.2 Å². The zero-order valence-corrected chi connectivity index (χ0v) is 11.9. The number of hydrogen-bond donors (Lipinski definition) is 1. The molecule has 6 heteroatoms. The van der Waals surface area contributed by atoms with E-state index in [9.17, 15) is 4.39 Å². The Labute approximate surface area is 121 Å². The summed E-state index contributed by atoms with van der Waals surface area (Å²) in [5.41, 5.74) is 7.84. The Kier molecular flexibility index (Phi) is 2.95. The van der Waals surface area contributed by atoms with Crippen molar-refractivity contribution in [3.63, 3.8) is 0 Å². The molecule has 0 amide bonds. The van der Waals surface area contributed by atoms with E-state index in [1.807, 2.05) is 6.07 Å². The predicted molar refractivity (Wildman–Crippen MR) is 78.2 cm³/mol. The third kappa shape index (κ3) is 1.99. The smallest absolute Gasteiger partial charge is 0.206 e. The van der Waals surface area contributed by atoms with Crippen LogP contribution in [0.2, 0.25) is 5.02 Å². The highest BCUT2D eigenvalue weighted by atomic mass is 79.9. The minimum atomic E-state index is -0.346. The normalized spacial score (nSPS) is 11.1. The number of aromatic nitrogens is 2. The summed E-state index contributed by atoms with van der Waals surface area (Å²) >= 11 is 9.47. The fraction of sp³-hybridized carbons (Fsp3) is 0. The second-order valence-corrected chi connectivity index (χ2v) is 5.27. The molecule has 0 bridgehead atoms. The molecule has 0 aliphatic rings. The Hall–Kier alpha value is -1.59. The van der Waals surface area contributed by atoms with Crippen molar-refractivity contribution in [2.45, 2.75) is 0 Å². The monoisotopic (exact) mass is 339 g/mol. The number of nitrogens with two attached hydrogens (primary N) is 1. The average molecular weight is 341 g/mol. The molecule has 1 heterocycles. The fourth-order valence-electron chi connectivity index (χ4n) is 1.99. The molecule has 0 unspecified atom stereocenters. The molecule has 3 nitrogen and oxygen atoms in total. The van der Waals surface area contributed by atoms with Crippen LogP contribution < -0.4 is 5.73 Å². The molecule has 0 saturated carbocycles. The highest BCUT2D eigenvalue weighted by molar-refractivity contribution is 9.10. The van der Waals surface area contributed by atoms with Gasteiger partial charge in [-0.05, 0) is 46.3 Å². The molecule has 0 saturated heterocycles. The topological polar surface area (TPSA) is 43.8 Å². The zero-order valence-electron chi connectivity index (χ0n) is 9.57. The molecule has 1 aromatic heterocycles. The molecular formula is C13H8BrClFN3. The second kappa shape index (κ2) is 4.51. The summed E-state index contributed by atoms with van der Waals surface area (Å²) in [6.45, 7) is 0. The van der Waals surface area contributed by atoms with E-state index in [2.05, 4.69) is 20.9 Å². The van der Waals surface area contributed by atoms with Crippen molar-refractivity contribution < 1.29 is 4.39 Å². The van der Waals surface area contributed by atoms with Crippen molar-refractivity contribution in [3.8, 4) is 5.69 Å². The molecular weight excluding hydrogens is 333 g/mol. The van der Waals surface area contributed by atoms with Crippen molar-refractivity contribution in [1.82, 2.24) is 9.55 Å². The van der Waals surface area contributed by atoms with E-state index in [0.717, 1.165) is 9.99 Å². The summed E-state index contributed by atoms with van der Waals surface area (Å²) in [6.07, 6.45) is 0. The van der Waals surface area contributed by atoms with Gasteiger partial charge in [-0.2, -0.15) is 0 Å². The Balaban J connectivity index is 2.39. The summed E-state index contributed by atoms with van der Waals surface area (Å²) in [4.78, 5) is 4.23. The van der Waals surface area contributed by atoms with Crippen LogP contribution in [-0.2, 0) is 0 Å². The lowest BCUT2D eigenvalue weighted by molar-refractivity contribution is 0.626. The van der Waals surface area contributed by atoms with Crippen molar-refractivity contribution in [3.05, 3.63) is 51.7 Å². The molecule has 2 aromatic carbocycles. The lowest BCUT2D eigenvalue weighted by Gasteiger charge is -2.09. The van der Waals surface area contributed by atoms with Gasteiger partial charge in [0.05, 0.1) is 16.2 Å². The van der Waals surface area contributed by atoms with E-state index in [-0.39, 0.29) is 11.8 Å². The first-order valence-electron chi connectivity index (χ1n) is 5.46. The van der Waals surface area contributed by atoms with Crippen LogP contribution in [-0.4, -0.2) is 9.55 Å². The standard InChI is InChI=1S/C13H8BrClFN3/c14-8-5-4-7(16)6-11(8)19-10-3-1-2-9(15)12(10)18-13(19)17/h1-6H,(H2,17,18). The lowest BCUT2D eigenvalue weighted by atomic mass is 10.2. The maximum atomic E-state index is 13.4.